The summed E-state index contributed by atoms with van der Waals surface area (Å²) in [5.74, 6) is 1.13. The van der Waals surface area contributed by atoms with Gasteiger partial charge in [-0.15, -0.1) is 0 Å². The van der Waals surface area contributed by atoms with Crippen LogP contribution in [-0.2, 0) is 16.2 Å². The molecule has 1 aromatic heterocycles. The van der Waals surface area contributed by atoms with Crippen molar-refractivity contribution in [2.75, 3.05) is 38.7 Å². The number of methoxy groups -OCH3 is 1. The summed E-state index contributed by atoms with van der Waals surface area (Å²) in [6.07, 6.45) is -0.596. The molecule has 0 aliphatic carbocycles. The van der Waals surface area contributed by atoms with Gasteiger partial charge in [-0.25, -0.2) is 18.4 Å². The highest BCUT2D eigenvalue weighted by Gasteiger charge is 2.39. The molecule has 7 nitrogen and oxygen atoms in total. The smallest absolute Gasteiger partial charge is 0.417 e. The molecule has 0 spiro atoms. The Morgan fingerprint density at radius 1 is 1.17 bits per heavy atom. The van der Waals surface area contributed by atoms with Crippen molar-refractivity contribution in [2.45, 2.75) is 23.9 Å². The number of halogens is 3. The third-order valence-electron chi connectivity index (χ3n) is 5.12. The molecule has 1 aliphatic rings. The number of rotatable bonds is 6. The average Bonchev–Trinajstić information content (AvgIpc) is 2.73. The summed E-state index contributed by atoms with van der Waals surface area (Å²) in [5, 5.41) is 0. The van der Waals surface area contributed by atoms with E-state index in [9.17, 15) is 21.6 Å². The van der Waals surface area contributed by atoms with E-state index in [0.717, 1.165) is 16.4 Å². The summed E-state index contributed by atoms with van der Waals surface area (Å²) in [6, 6.07) is 4.30. The van der Waals surface area contributed by atoms with Crippen LogP contribution in [0.5, 0.6) is 5.88 Å². The first-order valence-corrected chi connectivity index (χ1v) is 10.8. The third kappa shape index (κ3) is 4.67. The lowest BCUT2D eigenvalue weighted by Crippen LogP contribution is -2.41. The van der Waals surface area contributed by atoms with Gasteiger partial charge in [-0.2, -0.15) is 17.5 Å². The number of aromatic nitrogens is 2. The highest BCUT2D eigenvalue weighted by molar-refractivity contribution is 7.89. The highest BCUT2D eigenvalue weighted by atomic mass is 32.2. The molecule has 30 heavy (non-hydrogen) atoms. The molecule has 3 rings (SSSR count). The predicted molar refractivity (Wildman–Crippen MR) is 105 cm³/mol. The van der Waals surface area contributed by atoms with Gasteiger partial charge in [-0.05, 0) is 30.9 Å². The summed E-state index contributed by atoms with van der Waals surface area (Å²) in [5.41, 5.74) is -1.14. The van der Waals surface area contributed by atoms with Gasteiger partial charge in [0.1, 0.15) is 0 Å². The molecule has 0 amide bonds. The van der Waals surface area contributed by atoms with Crippen LogP contribution in [0.3, 0.4) is 0 Å². The Hall–Kier alpha value is -2.40. The molecule has 0 atom stereocenters. The van der Waals surface area contributed by atoms with Crippen molar-refractivity contribution >= 4 is 15.8 Å². The number of sulfonamides is 1. The van der Waals surface area contributed by atoms with Gasteiger partial charge in [0.2, 0.25) is 10.0 Å². The topological polar surface area (TPSA) is 75.6 Å². The number of alkyl halides is 3. The Morgan fingerprint density at radius 2 is 1.80 bits per heavy atom. The SMILES string of the molecule is COc1nccnc1N(C)CC1CCN(S(=O)(=O)c2ccccc2C(F)(F)F)CC1. The molecule has 11 heteroatoms. The molecule has 2 heterocycles. The van der Waals surface area contributed by atoms with Crippen LogP contribution in [0.4, 0.5) is 19.0 Å². The Balaban J connectivity index is 1.68. The van der Waals surface area contributed by atoms with E-state index in [1.807, 2.05) is 11.9 Å². The Kier molecular flexibility index (Phi) is 6.51. The minimum Gasteiger partial charge on any atom is -0.478 e. The molecule has 0 N–H and O–H groups in total. The summed E-state index contributed by atoms with van der Waals surface area (Å²) < 4.78 is 71.9. The largest absolute Gasteiger partial charge is 0.478 e. The molecule has 1 fully saturated rings. The fourth-order valence-electron chi connectivity index (χ4n) is 3.59. The number of anilines is 1. The molecule has 1 aliphatic heterocycles. The van der Waals surface area contributed by atoms with Crippen LogP contribution in [0.25, 0.3) is 0 Å². The first-order chi connectivity index (χ1) is 14.1. The Bertz CT molecular complexity index is 977. The zero-order chi connectivity index (χ0) is 21.9. The second kappa shape index (κ2) is 8.76. The summed E-state index contributed by atoms with van der Waals surface area (Å²) in [7, 11) is -0.887. The number of nitrogens with zero attached hydrogens (tertiary/aromatic N) is 4. The lowest BCUT2D eigenvalue weighted by Gasteiger charge is -2.34. The molecule has 164 valence electrons. The third-order valence-corrected chi connectivity index (χ3v) is 7.07. The standard InChI is InChI=1S/C19H23F3N4O3S/c1-25(17-18(29-2)24-10-9-23-17)13-14-7-11-26(12-8-14)30(27,28)16-6-4-3-5-15(16)19(20,21)22/h3-6,9-10,14H,7-8,11-13H2,1-2H3. The number of benzene rings is 1. The van der Waals surface area contributed by atoms with Gasteiger partial charge in [-0.3, -0.25) is 0 Å². The quantitative estimate of drug-likeness (QED) is 0.682. The van der Waals surface area contributed by atoms with E-state index in [1.54, 1.807) is 6.20 Å². The van der Waals surface area contributed by atoms with Gasteiger partial charge >= 0.3 is 6.18 Å². The molecule has 1 saturated heterocycles. The molecule has 0 radical (unpaired) electrons. The minimum atomic E-state index is -4.74. The van der Waals surface area contributed by atoms with E-state index < -0.39 is 26.7 Å². The van der Waals surface area contributed by atoms with Crippen LogP contribution in [0, 0.1) is 5.92 Å². The fourth-order valence-corrected chi connectivity index (χ4v) is 5.28. The maximum Gasteiger partial charge on any atom is 0.417 e. The van der Waals surface area contributed by atoms with Crippen LogP contribution in [-0.4, -0.2) is 56.5 Å². The van der Waals surface area contributed by atoms with E-state index >= 15 is 0 Å². The first-order valence-electron chi connectivity index (χ1n) is 9.37. The zero-order valence-electron chi connectivity index (χ0n) is 16.6. The van der Waals surface area contributed by atoms with Crippen molar-refractivity contribution in [3.8, 4) is 5.88 Å². The van der Waals surface area contributed by atoms with Crippen molar-refractivity contribution in [3.63, 3.8) is 0 Å². The van der Waals surface area contributed by atoms with E-state index in [2.05, 4.69) is 9.97 Å². The van der Waals surface area contributed by atoms with Crippen LogP contribution in [0.15, 0.2) is 41.6 Å². The number of piperidine rings is 1. The molecule has 0 unspecified atom stereocenters. The van der Waals surface area contributed by atoms with Crippen LogP contribution in [0.1, 0.15) is 18.4 Å². The van der Waals surface area contributed by atoms with Gasteiger partial charge in [0, 0.05) is 39.1 Å². The molecular formula is C19H23F3N4O3S. The number of hydrogen-bond donors (Lipinski definition) is 0. The van der Waals surface area contributed by atoms with Gasteiger partial charge in [-0.1, -0.05) is 12.1 Å². The maximum absolute atomic E-state index is 13.3. The van der Waals surface area contributed by atoms with Crippen molar-refractivity contribution in [1.29, 1.82) is 0 Å². The minimum absolute atomic E-state index is 0.157. The number of hydrogen-bond acceptors (Lipinski definition) is 6. The summed E-state index contributed by atoms with van der Waals surface area (Å²) in [4.78, 5) is 9.57. The van der Waals surface area contributed by atoms with Crippen molar-refractivity contribution in [2.24, 2.45) is 5.92 Å². The van der Waals surface area contributed by atoms with Crippen LogP contribution >= 0.6 is 0 Å². The summed E-state index contributed by atoms with van der Waals surface area (Å²) in [6.45, 7) is 0.914. The zero-order valence-corrected chi connectivity index (χ0v) is 17.4. The molecule has 0 saturated carbocycles. The average molecular weight is 444 g/mol. The molecule has 1 aromatic carbocycles. The number of ether oxygens (including phenoxy) is 1. The Morgan fingerprint density at radius 3 is 2.43 bits per heavy atom. The Labute approximate surface area is 173 Å². The molecular weight excluding hydrogens is 421 g/mol. The first kappa shape index (κ1) is 22.3. The van der Waals surface area contributed by atoms with Crippen molar-refractivity contribution in [1.82, 2.24) is 14.3 Å². The van der Waals surface area contributed by atoms with Gasteiger partial charge < -0.3 is 9.64 Å². The van der Waals surface area contributed by atoms with Crippen LogP contribution < -0.4 is 9.64 Å². The van der Waals surface area contributed by atoms with E-state index in [1.165, 1.54) is 25.4 Å². The summed E-state index contributed by atoms with van der Waals surface area (Å²) >= 11 is 0. The predicted octanol–water partition coefficient (Wildman–Crippen LogP) is 3.04. The molecule has 0 bridgehead atoms. The lowest BCUT2D eigenvalue weighted by atomic mass is 9.98. The van der Waals surface area contributed by atoms with Crippen molar-refractivity contribution < 1.29 is 26.3 Å². The normalized spacial score (nSPS) is 16.4. The van der Waals surface area contributed by atoms with Gasteiger partial charge in [0.05, 0.1) is 17.6 Å². The van der Waals surface area contributed by atoms with E-state index in [-0.39, 0.29) is 19.0 Å². The highest BCUT2D eigenvalue weighted by Crippen LogP contribution is 2.36. The van der Waals surface area contributed by atoms with Crippen LogP contribution in [0.2, 0.25) is 0 Å². The van der Waals surface area contributed by atoms with Crippen molar-refractivity contribution in [3.05, 3.63) is 42.2 Å². The van der Waals surface area contributed by atoms with E-state index in [0.29, 0.717) is 31.1 Å². The van der Waals surface area contributed by atoms with Gasteiger partial charge in [0.25, 0.3) is 5.88 Å². The van der Waals surface area contributed by atoms with Gasteiger partial charge in [0.15, 0.2) is 5.82 Å². The fraction of sp³-hybridized carbons (Fsp3) is 0.474. The molecule has 2 aromatic rings. The maximum atomic E-state index is 13.3. The second-order valence-electron chi connectivity index (χ2n) is 7.11. The van der Waals surface area contributed by atoms with E-state index in [4.69, 9.17) is 4.74 Å². The second-order valence-corrected chi connectivity index (χ2v) is 9.02. The monoisotopic (exact) mass is 444 g/mol. The lowest BCUT2D eigenvalue weighted by molar-refractivity contribution is -0.139.